The number of amides is 2. The fourth-order valence-electron chi connectivity index (χ4n) is 0.476. The molecule has 0 aromatic carbocycles. The molecule has 0 aromatic rings. The van der Waals surface area contributed by atoms with Gasteiger partial charge in [0.05, 0.1) is 0 Å². The molecule has 0 heterocycles. The molecular formula is C6H11NO2S. The van der Waals surface area contributed by atoms with Crippen LogP contribution in [0.3, 0.4) is 0 Å². The molecule has 0 saturated carbocycles. The second-order valence-electron chi connectivity index (χ2n) is 1.78. The first-order chi connectivity index (χ1) is 4.63. The van der Waals surface area contributed by atoms with Gasteiger partial charge in [-0.3, -0.25) is 14.5 Å². The minimum atomic E-state index is -0.202. The van der Waals surface area contributed by atoms with Gasteiger partial charge in [-0.1, -0.05) is 18.7 Å². The third kappa shape index (κ3) is 2.39. The summed E-state index contributed by atoms with van der Waals surface area (Å²) in [6.45, 7) is 1.73. The van der Waals surface area contributed by atoms with Gasteiger partial charge in [0, 0.05) is 13.5 Å². The van der Waals surface area contributed by atoms with Gasteiger partial charge in [-0.05, 0) is 6.26 Å². The van der Waals surface area contributed by atoms with Crippen molar-refractivity contribution in [2.45, 2.75) is 13.3 Å². The predicted octanol–water partition coefficient (Wildman–Crippen LogP) is 1.34. The number of hydrogen-bond acceptors (Lipinski definition) is 3. The maximum absolute atomic E-state index is 10.8. The van der Waals surface area contributed by atoms with Crippen molar-refractivity contribution in [3.63, 3.8) is 0 Å². The number of carbonyl (C=O) groups is 2. The molecule has 10 heavy (non-hydrogen) atoms. The minimum absolute atomic E-state index is 0.139. The van der Waals surface area contributed by atoms with Crippen LogP contribution >= 0.6 is 11.8 Å². The Labute approximate surface area is 64.8 Å². The molecule has 0 N–H and O–H groups in total. The standard InChI is InChI=1S/C6H11NO2S/c1-4-5(8)7(2)6(9)10-3/h4H2,1-3H3. The SMILES string of the molecule is CCC(=O)N(C)C(=O)SC. The Kier molecular flexibility index (Phi) is 4.11. The van der Waals surface area contributed by atoms with Gasteiger partial charge >= 0.3 is 0 Å². The van der Waals surface area contributed by atoms with Crippen LogP contribution in [0.25, 0.3) is 0 Å². The number of rotatable bonds is 1. The summed E-state index contributed by atoms with van der Waals surface area (Å²) in [6, 6.07) is 0. The van der Waals surface area contributed by atoms with Crippen LogP contribution in [0.1, 0.15) is 13.3 Å². The van der Waals surface area contributed by atoms with Gasteiger partial charge in [0.1, 0.15) is 0 Å². The van der Waals surface area contributed by atoms with E-state index in [2.05, 4.69) is 0 Å². The molecule has 0 saturated heterocycles. The van der Waals surface area contributed by atoms with Gasteiger partial charge in [0.25, 0.3) is 5.24 Å². The summed E-state index contributed by atoms with van der Waals surface area (Å²) in [7, 11) is 1.49. The monoisotopic (exact) mass is 161 g/mol. The van der Waals surface area contributed by atoms with E-state index in [9.17, 15) is 9.59 Å². The average molecular weight is 161 g/mol. The summed E-state index contributed by atoms with van der Waals surface area (Å²) in [4.78, 5) is 22.7. The van der Waals surface area contributed by atoms with Crippen molar-refractivity contribution in [1.82, 2.24) is 4.90 Å². The molecule has 4 heteroatoms. The highest BCUT2D eigenvalue weighted by atomic mass is 32.2. The first-order valence-corrected chi connectivity index (χ1v) is 4.20. The minimum Gasteiger partial charge on any atom is -0.277 e. The van der Waals surface area contributed by atoms with Crippen molar-refractivity contribution in [3.8, 4) is 0 Å². The molecule has 0 aromatic heterocycles. The zero-order valence-electron chi connectivity index (χ0n) is 6.38. The van der Waals surface area contributed by atoms with E-state index in [0.29, 0.717) is 6.42 Å². The normalized spacial score (nSPS) is 9.10. The Balaban J connectivity index is 3.94. The third-order valence-electron chi connectivity index (χ3n) is 1.13. The van der Waals surface area contributed by atoms with Crippen LogP contribution in [-0.2, 0) is 4.79 Å². The molecule has 0 radical (unpaired) electrons. The zero-order valence-corrected chi connectivity index (χ0v) is 7.20. The van der Waals surface area contributed by atoms with E-state index < -0.39 is 0 Å². The van der Waals surface area contributed by atoms with Gasteiger partial charge in [-0.25, -0.2) is 0 Å². The van der Waals surface area contributed by atoms with Crippen molar-refractivity contribution in [2.75, 3.05) is 13.3 Å². The number of carbonyl (C=O) groups excluding carboxylic acids is 2. The Hall–Kier alpha value is -0.510. The van der Waals surface area contributed by atoms with Gasteiger partial charge in [0.15, 0.2) is 0 Å². The van der Waals surface area contributed by atoms with Crippen LogP contribution in [0, 0.1) is 0 Å². The lowest BCUT2D eigenvalue weighted by Crippen LogP contribution is -2.28. The maximum Gasteiger partial charge on any atom is 0.287 e. The number of imide groups is 1. The Morgan fingerprint density at radius 3 is 2.30 bits per heavy atom. The predicted molar refractivity (Wildman–Crippen MR) is 42.0 cm³/mol. The number of hydrogen-bond donors (Lipinski definition) is 0. The van der Waals surface area contributed by atoms with E-state index in [-0.39, 0.29) is 11.1 Å². The van der Waals surface area contributed by atoms with Crippen LogP contribution in [0.2, 0.25) is 0 Å². The zero-order chi connectivity index (χ0) is 8.15. The van der Waals surface area contributed by atoms with Crippen molar-refractivity contribution < 1.29 is 9.59 Å². The molecule has 0 rings (SSSR count). The average Bonchev–Trinajstić information content (AvgIpc) is 2.00. The van der Waals surface area contributed by atoms with E-state index in [1.54, 1.807) is 13.2 Å². The molecule has 0 spiro atoms. The molecule has 0 aliphatic heterocycles. The van der Waals surface area contributed by atoms with Gasteiger partial charge < -0.3 is 0 Å². The van der Waals surface area contributed by atoms with Crippen LogP contribution in [0.15, 0.2) is 0 Å². The van der Waals surface area contributed by atoms with Crippen LogP contribution in [0.4, 0.5) is 4.79 Å². The lowest BCUT2D eigenvalue weighted by Gasteiger charge is -2.11. The Bertz CT molecular complexity index is 131. The van der Waals surface area contributed by atoms with Gasteiger partial charge in [-0.15, -0.1) is 0 Å². The quantitative estimate of drug-likeness (QED) is 0.582. The molecule has 0 fully saturated rings. The Morgan fingerprint density at radius 1 is 1.50 bits per heavy atom. The molecular weight excluding hydrogens is 150 g/mol. The summed E-state index contributed by atoms with van der Waals surface area (Å²) >= 11 is 1.04. The fourth-order valence-corrected chi connectivity index (χ4v) is 0.852. The molecule has 0 aliphatic carbocycles. The van der Waals surface area contributed by atoms with Crippen LogP contribution < -0.4 is 0 Å². The van der Waals surface area contributed by atoms with Crippen LogP contribution in [0.5, 0.6) is 0 Å². The highest BCUT2D eigenvalue weighted by Crippen LogP contribution is 2.02. The molecule has 58 valence electrons. The highest BCUT2D eigenvalue weighted by molar-refractivity contribution is 8.12. The summed E-state index contributed by atoms with van der Waals surface area (Å²) in [5, 5.41) is -0.202. The van der Waals surface area contributed by atoms with Crippen molar-refractivity contribution in [2.24, 2.45) is 0 Å². The second-order valence-corrected chi connectivity index (χ2v) is 2.53. The van der Waals surface area contributed by atoms with Gasteiger partial charge in [-0.2, -0.15) is 0 Å². The molecule has 0 atom stereocenters. The molecule has 0 unspecified atom stereocenters. The largest absolute Gasteiger partial charge is 0.287 e. The summed E-state index contributed by atoms with van der Waals surface area (Å²) in [6.07, 6.45) is 2.03. The first kappa shape index (κ1) is 9.49. The topological polar surface area (TPSA) is 37.4 Å². The molecule has 2 amide bonds. The maximum atomic E-state index is 10.8. The van der Waals surface area contributed by atoms with Crippen molar-refractivity contribution >= 4 is 22.9 Å². The lowest BCUT2D eigenvalue weighted by atomic mass is 10.4. The third-order valence-corrected chi connectivity index (χ3v) is 1.75. The van der Waals surface area contributed by atoms with Gasteiger partial charge in [0.2, 0.25) is 5.91 Å². The smallest absolute Gasteiger partial charge is 0.277 e. The fraction of sp³-hybridized carbons (Fsp3) is 0.667. The molecule has 0 bridgehead atoms. The number of nitrogens with zero attached hydrogens (tertiary/aromatic N) is 1. The summed E-state index contributed by atoms with van der Waals surface area (Å²) in [5.41, 5.74) is 0. The first-order valence-electron chi connectivity index (χ1n) is 2.98. The van der Waals surface area contributed by atoms with Crippen molar-refractivity contribution in [3.05, 3.63) is 0 Å². The molecule has 3 nitrogen and oxygen atoms in total. The van der Waals surface area contributed by atoms with E-state index in [1.807, 2.05) is 0 Å². The summed E-state index contributed by atoms with van der Waals surface area (Å²) in [5.74, 6) is -0.139. The second kappa shape index (κ2) is 4.33. The van der Waals surface area contributed by atoms with Crippen LogP contribution in [-0.4, -0.2) is 29.3 Å². The lowest BCUT2D eigenvalue weighted by molar-refractivity contribution is -0.126. The summed E-state index contributed by atoms with van der Waals surface area (Å²) < 4.78 is 0. The van der Waals surface area contributed by atoms with E-state index in [4.69, 9.17) is 0 Å². The molecule has 0 aliphatic rings. The number of thioether (sulfide) groups is 1. The highest BCUT2D eigenvalue weighted by Gasteiger charge is 2.12. The van der Waals surface area contributed by atoms with E-state index in [0.717, 1.165) is 16.7 Å². The Morgan fingerprint density at radius 2 is 2.00 bits per heavy atom. The van der Waals surface area contributed by atoms with Crippen molar-refractivity contribution in [1.29, 1.82) is 0 Å². The van der Waals surface area contributed by atoms with E-state index >= 15 is 0 Å². The van der Waals surface area contributed by atoms with E-state index in [1.165, 1.54) is 7.05 Å².